The first-order valence-corrected chi connectivity index (χ1v) is 9.14. The highest BCUT2D eigenvalue weighted by Gasteiger charge is 2.19. The second-order valence-electron chi connectivity index (χ2n) is 5.22. The summed E-state index contributed by atoms with van der Waals surface area (Å²) in [5.74, 6) is 0.759. The van der Waals surface area contributed by atoms with Crippen LogP contribution in [0.25, 0.3) is 11.3 Å². The van der Waals surface area contributed by atoms with E-state index >= 15 is 0 Å². The zero-order chi connectivity index (χ0) is 16.7. The van der Waals surface area contributed by atoms with Crippen molar-refractivity contribution in [3.63, 3.8) is 0 Å². The molecule has 0 radical (unpaired) electrons. The van der Waals surface area contributed by atoms with Gasteiger partial charge in [-0.15, -0.1) is 0 Å². The SMILES string of the molecule is CCCN(CCC)c1nc(SC)nc(-c2ccccc2)c1C#N. The average molecular weight is 326 g/mol. The summed E-state index contributed by atoms with van der Waals surface area (Å²) in [6, 6.07) is 12.2. The Hall–Kier alpha value is -2.06. The number of anilines is 1. The number of thioether (sulfide) groups is 1. The van der Waals surface area contributed by atoms with Crippen LogP contribution in [0.2, 0.25) is 0 Å². The highest BCUT2D eigenvalue weighted by molar-refractivity contribution is 7.98. The molecule has 0 unspecified atom stereocenters. The molecule has 0 bridgehead atoms. The van der Waals surface area contributed by atoms with E-state index in [1.54, 1.807) is 0 Å². The van der Waals surface area contributed by atoms with E-state index in [9.17, 15) is 5.26 Å². The monoisotopic (exact) mass is 326 g/mol. The molecule has 0 saturated heterocycles. The number of hydrogen-bond donors (Lipinski definition) is 0. The fourth-order valence-electron chi connectivity index (χ4n) is 2.52. The summed E-state index contributed by atoms with van der Waals surface area (Å²) < 4.78 is 0. The number of rotatable bonds is 7. The van der Waals surface area contributed by atoms with Crippen LogP contribution in [0.3, 0.4) is 0 Å². The fourth-order valence-corrected chi connectivity index (χ4v) is 2.88. The number of benzene rings is 1. The number of hydrogen-bond acceptors (Lipinski definition) is 5. The second kappa shape index (κ2) is 8.54. The van der Waals surface area contributed by atoms with Crippen molar-refractivity contribution in [1.82, 2.24) is 9.97 Å². The standard InChI is InChI=1S/C18H22N4S/c1-4-11-22(12-5-2)17-15(13-19)16(20-18(21-17)23-3)14-9-7-6-8-10-14/h6-10H,4-5,11-12H2,1-3H3. The zero-order valence-electron chi connectivity index (χ0n) is 13.9. The molecule has 0 amide bonds. The summed E-state index contributed by atoms with van der Waals surface area (Å²) in [6.07, 6.45) is 4.00. The Labute approximate surface area is 142 Å². The number of nitrogens with zero attached hydrogens (tertiary/aromatic N) is 4. The van der Waals surface area contributed by atoms with Crippen molar-refractivity contribution in [3.05, 3.63) is 35.9 Å². The van der Waals surface area contributed by atoms with E-state index in [4.69, 9.17) is 0 Å². The molecule has 0 N–H and O–H groups in total. The van der Waals surface area contributed by atoms with Gasteiger partial charge in [-0.05, 0) is 19.1 Å². The lowest BCUT2D eigenvalue weighted by molar-refractivity contribution is 0.724. The maximum atomic E-state index is 9.75. The second-order valence-corrected chi connectivity index (χ2v) is 6.00. The molecule has 120 valence electrons. The van der Waals surface area contributed by atoms with Gasteiger partial charge in [-0.3, -0.25) is 0 Å². The molecule has 0 aliphatic carbocycles. The summed E-state index contributed by atoms with van der Waals surface area (Å²) in [5.41, 5.74) is 2.24. The highest BCUT2D eigenvalue weighted by atomic mass is 32.2. The predicted molar refractivity (Wildman–Crippen MR) is 96.8 cm³/mol. The van der Waals surface area contributed by atoms with Gasteiger partial charge in [0.05, 0.1) is 5.69 Å². The Bertz CT molecular complexity index is 673. The van der Waals surface area contributed by atoms with Crippen LogP contribution in [0, 0.1) is 11.3 Å². The van der Waals surface area contributed by atoms with Crippen molar-refractivity contribution in [1.29, 1.82) is 5.26 Å². The molecule has 0 aliphatic heterocycles. The normalized spacial score (nSPS) is 10.3. The summed E-state index contributed by atoms with van der Waals surface area (Å²) in [6.45, 7) is 6.07. The van der Waals surface area contributed by atoms with Gasteiger partial charge < -0.3 is 4.90 Å². The third kappa shape index (κ3) is 4.02. The molecular weight excluding hydrogens is 304 g/mol. The Kier molecular flexibility index (Phi) is 6.42. The van der Waals surface area contributed by atoms with Crippen LogP contribution in [-0.2, 0) is 0 Å². The minimum Gasteiger partial charge on any atom is -0.355 e. The lowest BCUT2D eigenvalue weighted by Gasteiger charge is -2.24. The van der Waals surface area contributed by atoms with Gasteiger partial charge in [0, 0.05) is 18.7 Å². The van der Waals surface area contributed by atoms with Gasteiger partial charge in [-0.2, -0.15) is 5.26 Å². The quantitative estimate of drug-likeness (QED) is 0.559. The summed E-state index contributed by atoms with van der Waals surface area (Å²) >= 11 is 1.51. The third-order valence-electron chi connectivity index (χ3n) is 3.50. The smallest absolute Gasteiger partial charge is 0.189 e. The van der Waals surface area contributed by atoms with Gasteiger partial charge in [-0.1, -0.05) is 55.9 Å². The van der Waals surface area contributed by atoms with E-state index in [1.165, 1.54) is 11.8 Å². The van der Waals surface area contributed by atoms with E-state index in [0.29, 0.717) is 10.7 Å². The van der Waals surface area contributed by atoms with E-state index in [0.717, 1.165) is 43.0 Å². The molecule has 0 spiro atoms. The zero-order valence-corrected chi connectivity index (χ0v) is 14.7. The molecule has 0 atom stereocenters. The first-order valence-electron chi connectivity index (χ1n) is 7.91. The summed E-state index contributed by atoms with van der Waals surface area (Å²) in [7, 11) is 0. The number of aromatic nitrogens is 2. The average Bonchev–Trinajstić information content (AvgIpc) is 2.61. The highest BCUT2D eigenvalue weighted by Crippen LogP contribution is 2.30. The molecular formula is C18H22N4S. The first kappa shape index (κ1) is 17.3. The van der Waals surface area contributed by atoms with Gasteiger partial charge in [-0.25, -0.2) is 9.97 Å². The number of nitriles is 1. The fraction of sp³-hybridized carbons (Fsp3) is 0.389. The van der Waals surface area contributed by atoms with Crippen LogP contribution in [0.4, 0.5) is 5.82 Å². The van der Waals surface area contributed by atoms with E-state index in [1.807, 2.05) is 36.6 Å². The molecule has 0 fully saturated rings. The van der Waals surface area contributed by atoms with Crippen LogP contribution in [-0.4, -0.2) is 29.3 Å². The molecule has 2 rings (SSSR count). The van der Waals surface area contributed by atoms with Crippen LogP contribution in [0.15, 0.2) is 35.5 Å². The molecule has 4 nitrogen and oxygen atoms in total. The lowest BCUT2D eigenvalue weighted by atomic mass is 10.1. The minimum atomic E-state index is 0.566. The van der Waals surface area contributed by atoms with Crippen molar-refractivity contribution >= 4 is 17.6 Å². The van der Waals surface area contributed by atoms with Gasteiger partial charge in [0.25, 0.3) is 0 Å². The van der Waals surface area contributed by atoms with E-state index < -0.39 is 0 Å². The third-order valence-corrected chi connectivity index (χ3v) is 4.05. The van der Waals surface area contributed by atoms with Crippen molar-refractivity contribution in [2.45, 2.75) is 31.8 Å². The van der Waals surface area contributed by atoms with Crippen molar-refractivity contribution in [2.75, 3.05) is 24.2 Å². The first-order chi connectivity index (χ1) is 11.2. The molecule has 23 heavy (non-hydrogen) atoms. The van der Waals surface area contributed by atoms with Crippen LogP contribution < -0.4 is 4.90 Å². The van der Waals surface area contributed by atoms with Gasteiger partial charge >= 0.3 is 0 Å². The Morgan fingerprint density at radius 1 is 1.09 bits per heavy atom. The van der Waals surface area contributed by atoms with Crippen LogP contribution in [0.5, 0.6) is 0 Å². The molecule has 5 heteroatoms. The minimum absolute atomic E-state index is 0.566. The lowest BCUT2D eigenvalue weighted by Crippen LogP contribution is -2.27. The molecule has 0 saturated carbocycles. The van der Waals surface area contributed by atoms with Crippen molar-refractivity contribution < 1.29 is 0 Å². The van der Waals surface area contributed by atoms with Gasteiger partial charge in [0.2, 0.25) is 0 Å². The van der Waals surface area contributed by atoms with Gasteiger partial charge in [0.15, 0.2) is 11.0 Å². The maximum Gasteiger partial charge on any atom is 0.189 e. The van der Waals surface area contributed by atoms with Crippen molar-refractivity contribution in [2.24, 2.45) is 0 Å². The molecule has 1 aromatic heterocycles. The topological polar surface area (TPSA) is 52.8 Å². The Morgan fingerprint density at radius 3 is 2.26 bits per heavy atom. The predicted octanol–water partition coefficient (Wildman–Crippen LogP) is 4.36. The Morgan fingerprint density at radius 2 is 1.74 bits per heavy atom. The summed E-state index contributed by atoms with van der Waals surface area (Å²) in [4.78, 5) is 11.4. The van der Waals surface area contributed by atoms with Crippen LogP contribution in [0.1, 0.15) is 32.3 Å². The maximum absolute atomic E-state index is 9.75. The van der Waals surface area contributed by atoms with Crippen molar-refractivity contribution in [3.8, 4) is 17.3 Å². The molecule has 0 aliphatic rings. The largest absolute Gasteiger partial charge is 0.355 e. The van der Waals surface area contributed by atoms with E-state index in [-0.39, 0.29) is 0 Å². The Balaban J connectivity index is 2.64. The van der Waals surface area contributed by atoms with Gasteiger partial charge in [0.1, 0.15) is 11.6 Å². The van der Waals surface area contributed by atoms with E-state index in [2.05, 4.69) is 34.8 Å². The molecule has 2 aromatic rings. The molecule has 1 aromatic carbocycles. The van der Waals surface area contributed by atoms with Crippen LogP contribution >= 0.6 is 11.8 Å². The summed E-state index contributed by atoms with van der Waals surface area (Å²) in [5, 5.41) is 10.4. The molecule has 1 heterocycles.